The zero-order chi connectivity index (χ0) is 34.4. The van der Waals surface area contributed by atoms with Gasteiger partial charge in [0, 0.05) is 34.6 Å². The number of hydrogen-bond donors (Lipinski definition) is 0. The second kappa shape index (κ2) is 12.3. The van der Waals surface area contributed by atoms with Crippen LogP contribution in [0.4, 0.5) is 0 Å². The Bertz CT molecular complexity index is 2890. The molecule has 0 amide bonds. The summed E-state index contributed by atoms with van der Waals surface area (Å²) in [4.78, 5) is 24.5. The van der Waals surface area contributed by atoms with Crippen LogP contribution >= 0.6 is 0 Å². The summed E-state index contributed by atoms with van der Waals surface area (Å²) in [5.41, 5.74) is 5.71. The van der Waals surface area contributed by atoms with Crippen molar-refractivity contribution in [3.8, 4) is 56.7 Å². The Balaban J connectivity index is 1.29. The van der Waals surface area contributed by atoms with Crippen LogP contribution in [-0.2, 0) is 0 Å². The number of rotatable bonds is 5. The highest BCUT2D eigenvalue weighted by atomic mass is 15.0. The fourth-order valence-corrected chi connectivity index (χ4v) is 7.43. The molecular weight excluding hydrogens is 635 g/mol. The summed E-state index contributed by atoms with van der Waals surface area (Å²) >= 11 is 0. The molecule has 0 saturated carbocycles. The van der Waals surface area contributed by atoms with Gasteiger partial charge in [-0.15, -0.1) is 0 Å². The lowest BCUT2D eigenvalue weighted by Crippen LogP contribution is -2.01. The highest BCUT2D eigenvalue weighted by Gasteiger charge is 2.19. The van der Waals surface area contributed by atoms with Gasteiger partial charge in [-0.25, -0.2) is 24.9 Å². The third-order valence-electron chi connectivity index (χ3n) is 9.77. The van der Waals surface area contributed by atoms with Gasteiger partial charge in [0.25, 0.3) is 0 Å². The van der Waals surface area contributed by atoms with E-state index in [1.165, 1.54) is 37.7 Å². The van der Waals surface area contributed by atoms with E-state index in [0.717, 1.165) is 38.8 Å². The smallest absolute Gasteiger partial charge is 0.164 e. The first-order valence-electron chi connectivity index (χ1n) is 17.3. The standard InChI is InChI=1S/C47H29N5/c1-3-14-30(15-4-1)45-50-46(31-16-5-2-6-17-31)52-47(51-45)34-27-32(26-33(28-34)44-48-24-13-25-49-44)41-29-42-37-20-8-7-18-35(37)36-19-9-11-22-39(36)43(42)40-23-12-10-21-38(40)41/h1-29H. The molecule has 2 heterocycles. The second-order valence-corrected chi connectivity index (χ2v) is 12.9. The summed E-state index contributed by atoms with van der Waals surface area (Å²) in [5, 5.41) is 9.81. The van der Waals surface area contributed by atoms with Gasteiger partial charge in [0.05, 0.1) is 0 Å². The minimum absolute atomic E-state index is 0.577. The quantitative estimate of drug-likeness (QED) is 0.171. The van der Waals surface area contributed by atoms with Crippen molar-refractivity contribution in [3.63, 3.8) is 0 Å². The fourth-order valence-electron chi connectivity index (χ4n) is 7.43. The molecule has 0 unspecified atom stereocenters. The molecule has 52 heavy (non-hydrogen) atoms. The van der Waals surface area contributed by atoms with E-state index in [4.69, 9.17) is 15.0 Å². The maximum Gasteiger partial charge on any atom is 0.164 e. The van der Waals surface area contributed by atoms with E-state index in [0.29, 0.717) is 23.3 Å². The molecule has 242 valence electrons. The van der Waals surface area contributed by atoms with Crippen molar-refractivity contribution in [2.24, 2.45) is 0 Å². The van der Waals surface area contributed by atoms with Gasteiger partial charge in [-0.05, 0) is 84.5 Å². The first kappa shape index (κ1) is 29.8. The van der Waals surface area contributed by atoms with Crippen molar-refractivity contribution >= 4 is 43.1 Å². The Morgan fingerprint density at radius 2 is 0.673 bits per heavy atom. The molecule has 8 aromatic carbocycles. The van der Waals surface area contributed by atoms with Gasteiger partial charge in [0.15, 0.2) is 23.3 Å². The molecule has 0 fully saturated rings. The van der Waals surface area contributed by atoms with Gasteiger partial charge in [0.1, 0.15) is 0 Å². The molecule has 0 aliphatic carbocycles. The minimum Gasteiger partial charge on any atom is -0.237 e. The zero-order valence-electron chi connectivity index (χ0n) is 28.0. The molecule has 2 aromatic heterocycles. The summed E-state index contributed by atoms with van der Waals surface area (Å²) < 4.78 is 0. The number of nitrogens with zero attached hydrogens (tertiary/aromatic N) is 5. The topological polar surface area (TPSA) is 64.5 Å². The van der Waals surface area contributed by atoms with Gasteiger partial charge < -0.3 is 0 Å². The summed E-state index contributed by atoms with van der Waals surface area (Å²) in [6, 6.07) is 57.0. The van der Waals surface area contributed by atoms with E-state index < -0.39 is 0 Å². The highest BCUT2D eigenvalue weighted by molar-refractivity contribution is 6.33. The Kier molecular flexibility index (Phi) is 7.07. The molecule has 5 heteroatoms. The molecule has 0 radical (unpaired) electrons. The van der Waals surface area contributed by atoms with Crippen molar-refractivity contribution < 1.29 is 0 Å². The minimum atomic E-state index is 0.577. The van der Waals surface area contributed by atoms with Crippen LogP contribution < -0.4 is 0 Å². The molecule has 5 nitrogen and oxygen atoms in total. The third kappa shape index (κ3) is 5.07. The van der Waals surface area contributed by atoms with Crippen LogP contribution in [0.5, 0.6) is 0 Å². The van der Waals surface area contributed by atoms with Gasteiger partial charge in [-0.3, -0.25) is 0 Å². The van der Waals surface area contributed by atoms with Crippen LogP contribution in [0.3, 0.4) is 0 Å². The van der Waals surface area contributed by atoms with E-state index in [9.17, 15) is 0 Å². The van der Waals surface area contributed by atoms with E-state index in [1.807, 2.05) is 66.7 Å². The van der Waals surface area contributed by atoms with Crippen LogP contribution in [0.15, 0.2) is 176 Å². The number of hydrogen-bond acceptors (Lipinski definition) is 5. The zero-order valence-corrected chi connectivity index (χ0v) is 28.0. The lowest BCUT2D eigenvalue weighted by Gasteiger charge is -2.17. The normalized spacial score (nSPS) is 11.5. The van der Waals surface area contributed by atoms with E-state index in [2.05, 4.69) is 107 Å². The number of aromatic nitrogens is 5. The van der Waals surface area contributed by atoms with Crippen molar-refractivity contribution in [1.82, 2.24) is 24.9 Å². The first-order valence-corrected chi connectivity index (χ1v) is 17.3. The largest absolute Gasteiger partial charge is 0.237 e. The van der Waals surface area contributed by atoms with Crippen LogP contribution in [0.1, 0.15) is 0 Å². The first-order chi connectivity index (χ1) is 25.8. The second-order valence-electron chi connectivity index (χ2n) is 12.9. The summed E-state index contributed by atoms with van der Waals surface area (Å²) in [7, 11) is 0. The molecule has 0 atom stereocenters. The lowest BCUT2D eigenvalue weighted by atomic mass is 9.87. The van der Waals surface area contributed by atoms with E-state index in [1.54, 1.807) is 12.4 Å². The Morgan fingerprint density at radius 3 is 1.25 bits per heavy atom. The van der Waals surface area contributed by atoms with Crippen LogP contribution in [0.2, 0.25) is 0 Å². The molecule has 0 N–H and O–H groups in total. The molecule has 10 rings (SSSR count). The Hall–Kier alpha value is -7.11. The lowest BCUT2D eigenvalue weighted by molar-refractivity contribution is 1.07. The average Bonchev–Trinajstić information content (AvgIpc) is 3.24. The van der Waals surface area contributed by atoms with Crippen molar-refractivity contribution in [3.05, 3.63) is 176 Å². The Labute approximate surface area is 300 Å². The predicted molar refractivity (Wildman–Crippen MR) is 213 cm³/mol. The number of benzene rings is 8. The predicted octanol–water partition coefficient (Wildman–Crippen LogP) is 11.6. The highest BCUT2D eigenvalue weighted by Crippen LogP contribution is 2.43. The average molecular weight is 664 g/mol. The third-order valence-corrected chi connectivity index (χ3v) is 9.77. The van der Waals surface area contributed by atoms with Gasteiger partial charge >= 0.3 is 0 Å². The van der Waals surface area contributed by atoms with Gasteiger partial charge in [0.2, 0.25) is 0 Å². The van der Waals surface area contributed by atoms with Crippen LogP contribution in [-0.4, -0.2) is 24.9 Å². The summed E-state index contributed by atoms with van der Waals surface area (Å²) in [6.07, 6.45) is 3.56. The Morgan fingerprint density at radius 1 is 0.269 bits per heavy atom. The fraction of sp³-hybridized carbons (Fsp3) is 0. The van der Waals surface area contributed by atoms with Crippen molar-refractivity contribution in [2.45, 2.75) is 0 Å². The molecule has 0 aliphatic heterocycles. The maximum atomic E-state index is 5.09. The molecule has 0 spiro atoms. The molecule has 0 aliphatic rings. The summed E-state index contributed by atoms with van der Waals surface area (Å²) in [6.45, 7) is 0. The number of fused-ring (bicyclic) bond motifs is 8. The molecule has 0 saturated heterocycles. The molecule has 10 aromatic rings. The van der Waals surface area contributed by atoms with Gasteiger partial charge in [-0.1, -0.05) is 133 Å². The van der Waals surface area contributed by atoms with Crippen LogP contribution in [0, 0.1) is 0 Å². The summed E-state index contributed by atoms with van der Waals surface area (Å²) in [5.74, 6) is 2.43. The molecular formula is C47H29N5. The van der Waals surface area contributed by atoms with Crippen molar-refractivity contribution in [1.29, 1.82) is 0 Å². The molecule has 0 bridgehead atoms. The maximum absolute atomic E-state index is 5.09. The van der Waals surface area contributed by atoms with E-state index in [-0.39, 0.29) is 0 Å². The van der Waals surface area contributed by atoms with E-state index >= 15 is 0 Å². The van der Waals surface area contributed by atoms with Gasteiger partial charge in [-0.2, -0.15) is 0 Å². The monoisotopic (exact) mass is 663 g/mol. The van der Waals surface area contributed by atoms with Crippen molar-refractivity contribution in [2.75, 3.05) is 0 Å². The van der Waals surface area contributed by atoms with Crippen LogP contribution in [0.25, 0.3) is 99.8 Å². The SMILES string of the molecule is c1ccc(-c2nc(-c3ccccc3)nc(-c3cc(-c4ncccn4)cc(-c4cc5c6ccccc6c6ccccc6c5c5ccccc45)c3)n2)cc1.